The number of nitrogens with one attached hydrogen (secondary N) is 1. The summed E-state index contributed by atoms with van der Waals surface area (Å²) in [5.41, 5.74) is 2.14. The number of rotatable bonds is 7. The topological polar surface area (TPSA) is 43.4 Å². The highest BCUT2D eigenvalue weighted by Gasteiger charge is 2.17. The molecule has 0 spiro atoms. The predicted octanol–water partition coefficient (Wildman–Crippen LogP) is 2.99. The van der Waals surface area contributed by atoms with Crippen LogP contribution in [0, 0.1) is 0 Å². The minimum Gasteiger partial charge on any atom is -0.497 e. The molecule has 0 aliphatic heterocycles. The molecule has 0 aliphatic carbocycles. The van der Waals surface area contributed by atoms with Gasteiger partial charge in [-0.15, -0.1) is 0 Å². The monoisotopic (exact) mass is 286 g/mol. The Kier molecular flexibility index (Phi) is 5.58. The van der Waals surface area contributed by atoms with Gasteiger partial charge in [-0.1, -0.05) is 13.0 Å². The fourth-order valence-electron chi connectivity index (χ4n) is 2.38. The second-order valence-corrected chi connectivity index (χ2v) is 4.74. The predicted molar refractivity (Wildman–Crippen MR) is 83.9 cm³/mol. The van der Waals surface area contributed by atoms with Gasteiger partial charge in [0.15, 0.2) is 0 Å². The summed E-state index contributed by atoms with van der Waals surface area (Å²) in [5, 5.41) is 3.50. The standard InChI is InChI=1S/C17H22N2O2/c1-4-18-16(11-13-7-5-6-10-19-13)15-12-14(20-2)8-9-17(15)21-3/h5-10,12,16,18H,4,11H2,1-3H3. The van der Waals surface area contributed by atoms with Crippen molar-refractivity contribution < 1.29 is 9.47 Å². The van der Waals surface area contributed by atoms with Crippen molar-refractivity contribution in [1.82, 2.24) is 10.3 Å². The van der Waals surface area contributed by atoms with Crippen molar-refractivity contribution in [3.8, 4) is 11.5 Å². The molecule has 1 aromatic carbocycles. The Morgan fingerprint density at radius 2 is 2.00 bits per heavy atom. The number of likely N-dealkylation sites (N-methyl/N-ethyl adjacent to an activating group) is 1. The number of methoxy groups -OCH3 is 2. The molecule has 2 rings (SSSR count). The van der Waals surface area contributed by atoms with Crippen molar-refractivity contribution >= 4 is 0 Å². The Labute approximate surface area is 126 Å². The van der Waals surface area contributed by atoms with Crippen LogP contribution in [-0.2, 0) is 6.42 Å². The summed E-state index contributed by atoms with van der Waals surface area (Å²) in [5.74, 6) is 1.69. The van der Waals surface area contributed by atoms with Crippen LogP contribution in [-0.4, -0.2) is 25.7 Å². The van der Waals surface area contributed by atoms with E-state index in [9.17, 15) is 0 Å². The lowest BCUT2D eigenvalue weighted by atomic mass is 10.00. The third-order valence-corrected chi connectivity index (χ3v) is 3.40. The zero-order chi connectivity index (χ0) is 15.1. The molecule has 1 heterocycles. The summed E-state index contributed by atoms with van der Waals surface area (Å²) >= 11 is 0. The first-order chi connectivity index (χ1) is 10.3. The number of benzene rings is 1. The molecule has 1 atom stereocenters. The van der Waals surface area contributed by atoms with Crippen LogP contribution < -0.4 is 14.8 Å². The van der Waals surface area contributed by atoms with Gasteiger partial charge in [-0.25, -0.2) is 0 Å². The van der Waals surface area contributed by atoms with Crippen LogP contribution in [0.5, 0.6) is 11.5 Å². The zero-order valence-electron chi connectivity index (χ0n) is 12.8. The van der Waals surface area contributed by atoms with E-state index in [2.05, 4.69) is 17.2 Å². The fraction of sp³-hybridized carbons (Fsp3) is 0.353. The number of hydrogen-bond acceptors (Lipinski definition) is 4. The molecule has 112 valence electrons. The maximum atomic E-state index is 5.49. The second-order valence-electron chi connectivity index (χ2n) is 4.74. The summed E-state index contributed by atoms with van der Waals surface area (Å²) in [7, 11) is 3.36. The maximum Gasteiger partial charge on any atom is 0.123 e. The van der Waals surface area contributed by atoms with Gasteiger partial charge in [0.2, 0.25) is 0 Å². The first-order valence-electron chi connectivity index (χ1n) is 7.13. The lowest BCUT2D eigenvalue weighted by molar-refractivity contribution is 0.389. The van der Waals surface area contributed by atoms with Crippen LogP contribution in [0.25, 0.3) is 0 Å². The van der Waals surface area contributed by atoms with Crippen molar-refractivity contribution in [2.45, 2.75) is 19.4 Å². The van der Waals surface area contributed by atoms with E-state index in [1.165, 1.54) is 0 Å². The molecule has 0 saturated carbocycles. The third-order valence-electron chi connectivity index (χ3n) is 3.40. The first kappa shape index (κ1) is 15.3. The number of pyridine rings is 1. The van der Waals surface area contributed by atoms with Crippen molar-refractivity contribution in [2.24, 2.45) is 0 Å². The number of nitrogens with zero attached hydrogens (tertiary/aromatic N) is 1. The minimum atomic E-state index is 0.134. The average Bonchev–Trinajstić information content (AvgIpc) is 2.55. The normalized spacial score (nSPS) is 12.0. The van der Waals surface area contributed by atoms with Gasteiger partial charge in [0.05, 0.1) is 14.2 Å². The number of hydrogen-bond donors (Lipinski definition) is 1. The van der Waals surface area contributed by atoms with Crippen molar-refractivity contribution in [3.05, 3.63) is 53.9 Å². The van der Waals surface area contributed by atoms with E-state index in [0.717, 1.165) is 35.7 Å². The summed E-state index contributed by atoms with van der Waals surface area (Å²) < 4.78 is 10.8. The minimum absolute atomic E-state index is 0.134. The SMILES string of the molecule is CCNC(Cc1ccccn1)c1cc(OC)ccc1OC. The summed E-state index contributed by atoms with van der Waals surface area (Å²) in [6, 6.07) is 12.0. The molecular weight excluding hydrogens is 264 g/mol. The average molecular weight is 286 g/mol. The number of aromatic nitrogens is 1. The van der Waals surface area contributed by atoms with Crippen LogP contribution >= 0.6 is 0 Å². The summed E-state index contributed by atoms with van der Waals surface area (Å²) in [6.45, 7) is 2.97. The highest BCUT2D eigenvalue weighted by molar-refractivity contribution is 5.42. The molecule has 21 heavy (non-hydrogen) atoms. The molecule has 4 nitrogen and oxygen atoms in total. The van der Waals surface area contributed by atoms with Crippen LogP contribution in [0.2, 0.25) is 0 Å². The molecule has 0 amide bonds. The van der Waals surface area contributed by atoms with Crippen LogP contribution in [0.3, 0.4) is 0 Å². The fourth-order valence-corrected chi connectivity index (χ4v) is 2.38. The van der Waals surface area contributed by atoms with E-state index in [4.69, 9.17) is 9.47 Å². The Bertz CT molecular complexity index is 558. The molecule has 1 N–H and O–H groups in total. The van der Waals surface area contributed by atoms with E-state index in [0.29, 0.717) is 0 Å². The molecule has 1 aromatic heterocycles. The summed E-state index contributed by atoms with van der Waals surface area (Å²) in [4.78, 5) is 4.41. The second kappa shape index (κ2) is 7.64. The van der Waals surface area contributed by atoms with Crippen molar-refractivity contribution in [1.29, 1.82) is 0 Å². The lowest BCUT2D eigenvalue weighted by Crippen LogP contribution is -2.24. The zero-order valence-corrected chi connectivity index (χ0v) is 12.8. The molecule has 0 fully saturated rings. The van der Waals surface area contributed by atoms with Gasteiger partial charge in [-0.05, 0) is 36.9 Å². The number of ether oxygens (including phenoxy) is 2. The lowest BCUT2D eigenvalue weighted by Gasteiger charge is -2.21. The maximum absolute atomic E-state index is 5.49. The van der Waals surface area contributed by atoms with E-state index < -0.39 is 0 Å². The van der Waals surface area contributed by atoms with Crippen LogP contribution in [0.1, 0.15) is 24.2 Å². The Hall–Kier alpha value is -2.07. The van der Waals surface area contributed by atoms with Gasteiger partial charge < -0.3 is 14.8 Å². The quantitative estimate of drug-likeness (QED) is 0.849. The van der Waals surface area contributed by atoms with Crippen molar-refractivity contribution in [2.75, 3.05) is 20.8 Å². The van der Waals surface area contributed by atoms with Gasteiger partial charge in [0, 0.05) is 29.9 Å². The van der Waals surface area contributed by atoms with E-state index in [1.807, 2.05) is 42.6 Å². The molecule has 4 heteroatoms. The van der Waals surface area contributed by atoms with E-state index in [-0.39, 0.29) is 6.04 Å². The first-order valence-corrected chi connectivity index (χ1v) is 7.13. The highest BCUT2D eigenvalue weighted by Crippen LogP contribution is 2.31. The van der Waals surface area contributed by atoms with Gasteiger partial charge in [0.1, 0.15) is 11.5 Å². The van der Waals surface area contributed by atoms with Gasteiger partial charge >= 0.3 is 0 Å². The molecule has 0 radical (unpaired) electrons. The van der Waals surface area contributed by atoms with E-state index in [1.54, 1.807) is 14.2 Å². The molecule has 1 unspecified atom stereocenters. The third kappa shape index (κ3) is 3.95. The highest BCUT2D eigenvalue weighted by atomic mass is 16.5. The van der Waals surface area contributed by atoms with Crippen LogP contribution in [0.4, 0.5) is 0 Å². The smallest absolute Gasteiger partial charge is 0.123 e. The Morgan fingerprint density at radius 1 is 1.14 bits per heavy atom. The summed E-state index contributed by atoms with van der Waals surface area (Å²) in [6.07, 6.45) is 2.62. The molecular formula is C17H22N2O2. The Balaban J connectivity index is 2.32. The van der Waals surface area contributed by atoms with Gasteiger partial charge in [-0.3, -0.25) is 4.98 Å². The molecule has 2 aromatic rings. The van der Waals surface area contributed by atoms with E-state index >= 15 is 0 Å². The largest absolute Gasteiger partial charge is 0.497 e. The molecule has 0 aliphatic rings. The van der Waals surface area contributed by atoms with Gasteiger partial charge in [-0.2, -0.15) is 0 Å². The van der Waals surface area contributed by atoms with Crippen LogP contribution in [0.15, 0.2) is 42.6 Å². The van der Waals surface area contributed by atoms with Crippen molar-refractivity contribution in [3.63, 3.8) is 0 Å². The Morgan fingerprint density at radius 3 is 2.62 bits per heavy atom. The molecule has 0 saturated heterocycles. The molecule has 0 bridgehead atoms. The van der Waals surface area contributed by atoms with Gasteiger partial charge in [0.25, 0.3) is 0 Å².